The molecule has 0 unspecified atom stereocenters. The number of hydrogen-bond donors (Lipinski definition) is 3. The fraction of sp³-hybridized carbons (Fsp3) is 0.267. The lowest BCUT2D eigenvalue weighted by Crippen LogP contribution is -2.06. The van der Waals surface area contributed by atoms with Crippen molar-refractivity contribution >= 4 is 63.5 Å². The van der Waals surface area contributed by atoms with Crippen molar-refractivity contribution in [2.45, 2.75) is 32.6 Å². The van der Waals surface area contributed by atoms with Crippen LogP contribution in [0, 0.1) is 0 Å². The average Bonchev–Trinajstić information content (AvgIpc) is 3.47. The first kappa shape index (κ1) is 34.6. The molecule has 0 aliphatic carbocycles. The van der Waals surface area contributed by atoms with E-state index in [0.717, 1.165) is 11.4 Å². The van der Waals surface area contributed by atoms with Crippen LogP contribution in [-0.4, -0.2) is 71.8 Å². The quantitative estimate of drug-likeness (QED) is 0.0774. The van der Waals surface area contributed by atoms with Crippen LogP contribution >= 0.6 is 23.2 Å². The molecule has 3 heterocycles. The molecule has 0 aliphatic heterocycles. The maximum atomic E-state index is 11.2. The van der Waals surface area contributed by atoms with Crippen LogP contribution < -0.4 is 20.5 Å². The van der Waals surface area contributed by atoms with Crippen LogP contribution in [0.2, 0.25) is 10.6 Å². The third-order valence-electron chi connectivity index (χ3n) is 6.05. The first-order chi connectivity index (χ1) is 22.7. The first-order valence-electron chi connectivity index (χ1n) is 14.3. The summed E-state index contributed by atoms with van der Waals surface area (Å²) in [5.41, 5.74) is 8.78. The number of hydrogen-bond acceptors (Lipinski definition) is 13. The predicted octanol–water partition coefficient (Wildman–Crippen LogP) is 5.29. The molecule has 47 heavy (non-hydrogen) atoms. The van der Waals surface area contributed by atoms with E-state index in [1.807, 2.05) is 24.3 Å². The second-order valence-electron chi connectivity index (χ2n) is 9.54. The highest BCUT2D eigenvalue weighted by molar-refractivity contribution is 6.28. The molecule has 5 aromatic rings. The molecule has 0 saturated heterocycles. The highest BCUT2D eigenvalue weighted by atomic mass is 35.5. The third-order valence-corrected chi connectivity index (χ3v) is 6.42. The van der Waals surface area contributed by atoms with Gasteiger partial charge < -0.3 is 30.4 Å². The summed E-state index contributed by atoms with van der Waals surface area (Å²) in [6.07, 6.45) is 4.45. The number of carboxylic acid groups (broad SMARTS) is 1. The summed E-state index contributed by atoms with van der Waals surface area (Å²) in [4.78, 5) is 37.4. The number of halogens is 2. The summed E-state index contributed by atoms with van der Waals surface area (Å²) >= 11 is 11.6. The molecule has 2 aromatic carbocycles. The lowest BCUT2D eigenvalue weighted by atomic mass is 10.3. The van der Waals surface area contributed by atoms with Gasteiger partial charge in [-0.3, -0.25) is 9.59 Å². The smallest absolute Gasteiger partial charge is 0.305 e. The Bertz CT molecular complexity index is 1770. The second kappa shape index (κ2) is 17.4. The van der Waals surface area contributed by atoms with Crippen LogP contribution in [0.5, 0.6) is 11.5 Å². The monoisotopic (exact) mass is 683 g/mol. The number of nitrogens with one attached hydrogen (secondary N) is 1. The van der Waals surface area contributed by atoms with Gasteiger partial charge in [0.25, 0.3) is 0 Å². The standard InChI is InChI=1S/C16H19ClN4O3.C14H12ClN5O3/c1-2-23-14(22)4-3-9-24-12-7-5-11(6-8-12)20-15-13(18)10-19-16(17)21-15;15-14-16-8-11-13(17-14)20(19-18-11)9-3-5-10(6-4-9)23-7-1-2-12(21)22/h5-8,10H,2-4,9,18H2,1H3,(H,19,20,21);3-6,8H,1-2,7H2,(H,21,22). The predicted molar refractivity (Wildman–Crippen MR) is 174 cm³/mol. The van der Waals surface area contributed by atoms with E-state index in [4.69, 9.17) is 48.3 Å². The molecule has 0 atom stereocenters. The lowest BCUT2D eigenvalue weighted by Gasteiger charge is -2.10. The van der Waals surface area contributed by atoms with Crippen molar-refractivity contribution in [3.63, 3.8) is 0 Å². The Kier molecular flexibility index (Phi) is 12.8. The van der Waals surface area contributed by atoms with Crippen molar-refractivity contribution in [1.29, 1.82) is 0 Å². The van der Waals surface area contributed by atoms with Gasteiger partial charge in [-0.05, 0) is 91.5 Å². The van der Waals surface area contributed by atoms with Crippen molar-refractivity contribution in [1.82, 2.24) is 34.9 Å². The molecule has 0 saturated carbocycles. The number of nitrogens with two attached hydrogens (primary N) is 1. The molecule has 0 aliphatic rings. The van der Waals surface area contributed by atoms with Gasteiger partial charge in [-0.25, -0.2) is 9.97 Å². The summed E-state index contributed by atoms with van der Waals surface area (Å²) in [5, 5.41) is 19.9. The number of aliphatic carboxylic acids is 1. The van der Waals surface area contributed by atoms with Crippen molar-refractivity contribution in [3.05, 3.63) is 71.5 Å². The number of ether oxygens (including phenoxy) is 3. The number of rotatable bonds is 14. The number of esters is 1. The van der Waals surface area contributed by atoms with Crippen LogP contribution in [0.1, 0.15) is 32.6 Å². The number of nitrogens with zero attached hydrogens (tertiary/aromatic N) is 7. The number of anilines is 3. The maximum Gasteiger partial charge on any atom is 0.305 e. The highest BCUT2D eigenvalue weighted by Gasteiger charge is 2.10. The van der Waals surface area contributed by atoms with Crippen LogP contribution in [0.4, 0.5) is 17.2 Å². The Balaban J connectivity index is 0.000000213. The average molecular weight is 685 g/mol. The molecule has 0 fully saturated rings. The van der Waals surface area contributed by atoms with E-state index in [2.05, 4.69) is 35.6 Å². The molecule has 3 aromatic heterocycles. The summed E-state index contributed by atoms with van der Waals surface area (Å²) in [6, 6.07) is 14.4. The van der Waals surface area contributed by atoms with Gasteiger partial charge in [0.1, 0.15) is 11.5 Å². The van der Waals surface area contributed by atoms with Gasteiger partial charge >= 0.3 is 11.9 Å². The topological polar surface area (TPSA) is 202 Å². The molecular weight excluding hydrogens is 653 g/mol. The highest BCUT2D eigenvalue weighted by Crippen LogP contribution is 2.23. The number of fused-ring (bicyclic) bond motifs is 1. The van der Waals surface area contributed by atoms with E-state index in [9.17, 15) is 9.59 Å². The molecule has 5 rings (SSSR count). The molecule has 246 valence electrons. The van der Waals surface area contributed by atoms with Gasteiger partial charge in [-0.2, -0.15) is 14.6 Å². The zero-order valence-electron chi connectivity index (χ0n) is 25.2. The first-order valence-corrected chi connectivity index (χ1v) is 15.1. The summed E-state index contributed by atoms with van der Waals surface area (Å²) in [5.74, 6) is 0.761. The number of carboxylic acids is 1. The minimum absolute atomic E-state index is 0.0868. The fourth-order valence-corrected chi connectivity index (χ4v) is 4.12. The van der Waals surface area contributed by atoms with Crippen molar-refractivity contribution in [2.24, 2.45) is 0 Å². The molecule has 0 bridgehead atoms. The number of benzene rings is 2. The summed E-state index contributed by atoms with van der Waals surface area (Å²) in [6.45, 7) is 2.98. The van der Waals surface area contributed by atoms with Gasteiger partial charge in [0.05, 0.1) is 43.6 Å². The van der Waals surface area contributed by atoms with Gasteiger partial charge in [0.15, 0.2) is 17.0 Å². The molecule has 15 nitrogen and oxygen atoms in total. The van der Waals surface area contributed by atoms with Crippen molar-refractivity contribution < 1.29 is 28.9 Å². The summed E-state index contributed by atoms with van der Waals surface area (Å²) in [7, 11) is 0. The fourth-order valence-electron chi connectivity index (χ4n) is 3.86. The largest absolute Gasteiger partial charge is 0.494 e. The Morgan fingerprint density at radius 1 is 0.894 bits per heavy atom. The maximum absolute atomic E-state index is 11.2. The van der Waals surface area contributed by atoms with E-state index in [-0.39, 0.29) is 23.0 Å². The SMILES string of the molecule is CCOC(=O)CCCOc1ccc(Nc2nc(Cl)ncc2N)cc1.O=C(O)CCCOc1ccc(-n2nnc3cnc(Cl)nc32)cc1. The van der Waals surface area contributed by atoms with E-state index >= 15 is 0 Å². The van der Waals surface area contributed by atoms with Crippen LogP contribution in [0.3, 0.4) is 0 Å². The third kappa shape index (κ3) is 10.9. The lowest BCUT2D eigenvalue weighted by molar-refractivity contribution is -0.143. The normalized spacial score (nSPS) is 10.5. The van der Waals surface area contributed by atoms with Gasteiger partial charge in [0.2, 0.25) is 10.6 Å². The molecule has 4 N–H and O–H groups in total. The molecular formula is C30H31Cl2N9O6. The minimum atomic E-state index is -0.831. The van der Waals surface area contributed by atoms with Crippen LogP contribution in [-0.2, 0) is 14.3 Å². The zero-order valence-corrected chi connectivity index (χ0v) is 26.7. The van der Waals surface area contributed by atoms with E-state index in [1.165, 1.54) is 12.4 Å². The Labute approximate surface area is 279 Å². The number of carbonyl (C=O) groups is 2. The molecule has 0 spiro atoms. The van der Waals surface area contributed by atoms with E-state index in [1.54, 1.807) is 35.9 Å². The Morgan fingerprint density at radius 3 is 2.17 bits per heavy atom. The van der Waals surface area contributed by atoms with Gasteiger partial charge in [-0.1, -0.05) is 5.21 Å². The molecule has 0 radical (unpaired) electrons. The zero-order chi connectivity index (χ0) is 33.6. The number of nitrogen functional groups attached to an aromatic ring is 1. The molecule has 0 amide bonds. The number of carbonyl (C=O) groups excluding carboxylic acids is 1. The minimum Gasteiger partial charge on any atom is -0.494 e. The number of aromatic nitrogens is 7. The van der Waals surface area contributed by atoms with Gasteiger partial charge in [-0.15, -0.1) is 5.10 Å². The van der Waals surface area contributed by atoms with Crippen molar-refractivity contribution in [2.75, 3.05) is 30.9 Å². The summed E-state index contributed by atoms with van der Waals surface area (Å²) < 4.78 is 17.5. The Morgan fingerprint density at radius 2 is 1.51 bits per heavy atom. The van der Waals surface area contributed by atoms with E-state index < -0.39 is 5.97 Å². The molecule has 17 heteroatoms. The second-order valence-corrected chi connectivity index (χ2v) is 10.2. The van der Waals surface area contributed by atoms with Gasteiger partial charge in [0, 0.05) is 18.5 Å². The van der Waals surface area contributed by atoms with Crippen LogP contribution in [0.25, 0.3) is 16.9 Å². The Hall–Kier alpha value is -5.28. The van der Waals surface area contributed by atoms with Crippen LogP contribution in [0.15, 0.2) is 60.9 Å². The van der Waals surface area contributed by atoms with E-state index in [0.29, 0.717) is 73.3 Å². The van der Waals surface area contributed by atoms with Crippen molar-refractivity contribution in [3.8, 4) is 17.2 Å².